The fourth-order valence-electron chi connectivity index (χ4n) is 2.24. The van der Waals surface area contributed by atoms with Crippen molar-refractivity contribution in [2.75, 3.05) is 31.7 Å². The van der Waals surface area contributed by atoms with Crippen LogP contribution >= 0.6 is 12.2 Å². The van der Waals surface area contributed by atoms with Crippen LogP contribution in [0, 0.1) is 0 Å². The van der Waals surface area contributed by atoms with Crippen molar-refractivity contribution >= 4 is 29.2 Å². The van der Waals surface area contributed by atoms with Crippen LogP contribution in [0.25, 0.3) is 0 Å². The second-order valence-corrected chi connectivity index (χ2v) is 5.74. The lowest BCUT2D eigenvalue weighted by Crippen LogP contribution is -2.24. The molecule has 0 saturated heterocycles. The van der Waals surface area contributed by atoms with Crippen LogP contribution in [0.3, 0.4) is 0 Å². The van der Waals surface area contributed by atoms with Crippen LogP contribution in [0.15, 0.2) is 53.6 Å². The zero-order valence-corrected chi connectivity index (χ0v) is 16.4. The minimum absolute atomic E-state index is 0.362. The van der Waals surface area contributed by atoms with E-state index in [1.165, 1.54) is 0 Å². The number of thiocarbonyl (C=S) groups is 1. The van der Waals surface area contributed by atoms with E-state index in [9.17, 15) is 0 Å². The van der Waals surface area contributed by atoms with Gasteiger partial charge in [0, 0.05) is 12.2 Å². The highest BCUT2D eigenvalue weighted by molar-refractivity contribution is 7.80. The number of hydrazone groups is 1. The molecule has 0 unspecified atom stereocenters. The Kier molecular flexibility index (Phi) is 9.09. The maximum atomic E-state index is 5.73. The van der Waals surface area contributed by atoms with E-state index < -0.39 is 0 Å². The Labute approximate surface area is 165 Å². The van der Waals surface area contributed by atoms with Gasteiger partial charge in [-0.2, -0.15) is 5.10 Å². The third-order valence-electron chi connectivity index (χ3n) is 3.41. The first-order valence-electron chi connectivity index (χ1n) is 8.86. The number of nitrogens with zero attached hydrogens (tertiary/aromatic N) is 1. The summed E-state index contributed by atoms with van der Waals surface area (Å²) in [6.07, 6.45) is 1.67. The van der Waals surface area contributed by atoms with Gasteiger partial charge < -0.3 is 19.5 Å². The molecule has 0 atom stereocenters. The lowest BCUT2D eigenvalue weighted by Gasteiger charge is -2.13. The molecule has 0 fully saturated rings. The van der Waals surface area contributed by atoms with Crippen LogP contribution < -0.4 is 20.2 Å². The Morgan fingerprint density at radius 2 is 1.70 bits per heavy atom. The first-order valence-corrected chi connectivity index (χ1v) is 9.26. The fraction of sp³-hybridized carbons (Fsp3) is 0.300. The molecule has 0 saturated carbocycles. The highest BCUT2D eigenvalue weighted by atomic mass is 32.1. The smallest absolute Gasteiger partial charge is 0.191 e. The summed E-state index contributed by atoms with van der Waals surface area (Å²) in [5.74, 6) is 1.48. The summed E-state index contributed by atoms with van der Waals surface area (Å²) in [6, 6.07) is 15.2. The highest BCUT2D eigenvalue weighted by Crippen LogP contribution is 2.23. The fourth-order valence-corrected chi connectivity index (χ4v) is 2.40. The van der Waals surface area contributed by atoms with Gasteiger partial charge in [0.2, 0.25) is 0 Å². The molecule has 2 rings (SSSR count). The molecule has 0 heterocycles. The summed E-state index contributed by atoms with van der Waals surface area (Å²) in [5.41, 5.74) is 4.44. The van der Waals surface area contributed by atoms with Crippen molar-refractivity contribution < 1.29 is 14.2 Å². The average Bonchev–Trinajstić information content (AvgIpc) is 2.68. The molecule has 144 valence electrons. The molecule has 2 N–H and O–H groups in total. The molecule has 2 aromatic carbocycles. The van der Waals surface area contributed by atoms with Gasteiger partial charge in [-0.05, 0) is 50.3 Å². The van der Waals surface area contributed by atoms with Crippen molar-refractivity contribution in [3.63, 3.8) is 0 Å². The number of hydrogen-bond acceptors (Lipinski definition) is 5. The van der Waals surface area contributed by atoms with Gasteiger partial charge in [0.05, 0.1) is 25.1 Å². The number of para-hydroxylation sites is 3. The lowest BCUT2D eigenvalue weighted by atomic mass is 10.2. The summed E-state index contributed by atoms with van der Waals surface area (Å²) in [4.78, 5) is 0. The molecule has 0 spiro atoms. The minimum Gasteiger partial charge on any atom is -0.493 e. The van der Waals surface area contributed by atoms with E-state index in [0.29, 0.717) is 37.3 Å². The number of benzene rings is 2. The SMILES string of the molecule is CCOCCOc1ccccc1NC(=S)NN=Cc1ccccc1OCC. The Morgan fingerprint density at radius 1 is 0.963 bits per heavy atom. The van der Waals surface area contributed by atoms with Crippen molar-refractivity contribution in [3.8, 4) is 11.5 Å². The zero-order valence-electron chi connectivity index (χ0n) is 15.6. The molecule has 27 heavy (non-hydrogen) atoms. The number of nitrogens with one attached hydrogen (secondary N) is 2. The topological polar surface area (TPSA) is 64.1 Å². The molecule has 0 aliphatic carbocycles. The molecular weight excluding hydrogens is 362 g/mol. The van der Waals surface area contributed by atoms with Gasteiger partial charge in [-0.25, -0.2) is 0 Å². The van der Waals surface area contributed by atoms with E-state index in [-0.39, 0.29) is 0 Å². The second-order valence-electron chi connectivity index (χ2n) is 5.34. The van der Waals surface area contributed by atoms with Crippen molar-refractivity contribution in [2.24, 2.45) is 5.10 Å². The Bertz CT molecular complexity index is 753. The van der Waals surface area contributed by atoms with Gasteiger partial charge in [0.25, 0.3) is 0 Å². The number of ether oxygens (including phenoxy) is 3. The molecule has 0 bridgehead atoms. The van der Waals surface area contributed by atoms with Crippen LogP contribution in [0.5, 0.6) is 11.5 Å². The Hall–Kier alpha value is -2.64. The predicted octanol–water partition coefficient (Wildman–Crippen LogP) is 3.82. The van der Waals surface area contributed by atoms with Gasteiger partial charge in [0.1, 0.15) is 18.1 Å². The van der Waals surface area contributed by atoms with Crippen molar-refractivity contribution in [1.82, 2.24) is 5.43 Å². The number of hydrogen-bond donors (Lipinski definition) is 2. The quantitative estimate of drug-likeness (QED) is 0.280. The Morgan fingerprint density at radius 3 is 2.48 bits per heavy atom. The maximum Gasteiger partial charge on any atom is 0.191 e. The molecule has 0 radical (unpaired) electrons. The monoisotopic (exact) mass is 387 g/mol. The van der Waals surface area contributed by atoms with E-state index in [0.717, 1.165) is 17.0 Å². The summed E-state index contributed by atoms with van der Waals surface area (Å²) < 4.78 is 16.6. The van der Waals surface area contributed by atoms with Crippen LogP contribution in [0.1, 0.15) is 19.4 Å². The van der Waals surface area contributed by atoms with Crippen LogP contribution in [0.2, 0.25) is 0 Å². The summed E-state index contributed by atoms with van der Waals surface area (Å²) in [6.45, 7) is 6.17. The van der Waals surface area contributed by atoms with Crippen LogP contribution in [-0.2, 0) is 4.74 Å². The van der Waals surface area contributed by atoms with E-state index >= 15 is 0 Å². The zero-order chi connectivity index (χ0) is 19.3. The van der Waals surface area contributed by atoms with E-state index in [4.69, 9.17) is 26.4 Å². The Balaban J connectivity index is 1.91. The third kappa shape index (κ3) is 7.24. The van der Waals surface area contributed by atoms with E-state index in [1.54, 1.807) is 6.21 Å². The van der Waals surface area contributed by atoms with E-state index in [1.807, 2.05) is 62.4 Å². The molecule has 7 heteroatoms. The first-order chi connectivity index (χ1) is 13.2. The normalized spacial score (nSPS) is 10.6. The molecule has 0 aliphatic rings. The van der Waals surface area contributed by atoms with E-state index in [2.05, 4.69) is 15.8 Å². The van der Waals surface area contributed by atoms with Gasteiger partial charge in [-0.1, -0.05) is 24.3 Å². The first kappa shape index (κ1) is 20.7. The van der Waals surface area contributed by atoms with Crippen LogP contribution in [-0.4, -0.2) is 37.8 Å². The predicted molar refractivity (Wildman–Crippen MR) is 113 cm³/mol. The summed E-state index contributed by atoms with van der Waals surface area (Å²) in [5, 5.41) is 7.63. The highest BCUT2D eigenvalue weighted by Gasteiger charge is 2.05. The van der Waals surface area contributed by atoms with Gasteiger partial charge in [-0.15, -0.1) is 0 Å². The molecule has 0 aliphatic heterocycles. The van der Waals surface area contributed by atoms with Crippen molar-refractivity contribution in [1.29, 1.82) is 0 Å². The summed E-state index contributed by atoms with van der Waals surface area (Å²) in [7, 11) is 0. The molecule has 0 amide bonds. The van der Waals surface area contributed by atoms with Crippen LogP contribution in [0.4, 0.5) is 5.69 Å². The second kappa shape index (κ2) is 11.9. The van der Waals surface area contributed by atoms with Crippen molar-refractivity contribution in [2.45, 2.75) is 13.8 Å². The largest absolute Gasteiger partial charge is 0.493 e. The van der Waals surface area contributed by atoms with Crippen molar-refractivity contribution in [3.05, 3.63) is 54.1 Å². The number of rotatable bonds is 10. The van der Waals surface area contributed by atoms with Gasteiger partial charge in [-0.3, -0.25) is 5.43 Å². The lowest BCUT2D eigenvalue weighted by molar-refractivity contribution is 0.110. The molecule has 2 aromatic rings. The summed E-state index contributed by atoms with van der Waals surface area (Å²) >= 11 is 5.30. The molecule has 0 aromatic heterocycles. The third-order valence-corrected chi connectivity index (χ3v) is 3.61. The standard InChI is InChI=1S/C20H25N3O3S/c1-3-24-13-14-26-19-12-8-6-10-17(19)22-20(27)23-21-15-16-9-5-7-11-18(16)25-4-2/h5-12,15H,3-4,13-14H2,1-2H3,(H2,22,23,27). The number of anilines is 1. The average molecular weight is 388 g/mol. The van der Waals surface area contributed by atoms with Gasteiger partial charge in [0.15, 0.2) is 5.11 Å². The minimum atomic E-state index is 0.362. The molecule has 6 nitrogen and oxygen atoms in total. The van der Waals surface area contributed by atoms with Gasteiger partial charge >= 0.3 is 0 Å². The maximum absolute atomic E-state index is 5.73. The molecular formula is C20H25N3O3S.